The van der Waals surface area contributed by atoms with Crippen LogP contribution in [-0.4, -0.2) is 22.8 Å². The van der Waals surface area contributed by atoms with Gasteiger partial charge in [0.25, 0.3) is 0 Å². The number of hydrogen-bond acceptors (Lipinski definition) is 3. The van der Waals surface area contributed by atoms with E-state index in [9.17, 15) is 4.79 Å². The highest BCUT2D eigenvalue weighted by Gasteiger charge is 2.35. The number of carbonyl (C=O) groups excluding carboxylic acids is 1. The Morgan fingerprint density at radius 3 is 2.33 bits per heavy atom. The van der Waals surface area contributed by atoms with Crippen LogP contribution in [-0.2, 0) is 4.79 Å². The van der Waals surface area contributed by atoms with Crippen molar-refractivity contribution in [2.45, 2.75) is 32.2 Å². The number of nitrogens with one attached hydrogen (secondary N) is 1. The van der Waals surface area contributed by atoms with E-state index < -0.39 is 0 Å². The highest BCUT2D eigenvalue weighted by molar-refractivity contribution is 7.80. The minimum Gasteiger partial charge on any atom is -0.457 e. The number of aryl methyl sites for hydroxylation is 1. The highest BCUT2D eigenvalue weighted by atomic mass is 32.1. The van der Waals surface area contributed by atoms with Gasteiger partial charge in [0.2, 0.25) is 0 Å². The molecule has 5 heteroatoms. The van der Waals surface area contributed by atoms with Crippen molar-refractivity contribution in [1.82, 2.24) is 10.2 Å². The number of ketones is 1. The Balaban J connectivity index is 1.61. The Morgan fingerprint density at radius 2 is 1.67 bits per heavy atom. The summed E-state index contributed by atoms with van der Waals surface area (Å²) in [5.74, 6) is 1.78. The second-order valence-corrected chi connectivity index (χ2v) is 7.45. The summed E-state index contributed by atoms with van der Waals surface area (Å²) in [6.07, 6.45) is 2.39. The predicted octanol–water partition coefficient (Wildman–Crippen LogP) is 4.66. The molecule has 0 aromatic heterocycles. The van der Waals surface area contributed by atoms with Crippen molar-refractivity contribution in [1.29, 1.82) is 0 Å². The van der Waals surface area contributed by atoms with E-state index in [0.717, 1.165) is 41.2 Å². The van der Waals surface area contributed by atoms with Crippen molar-refractivity contribution in [3.05, 3.63) is 70.9 Å². The molecule has 1 aliphatic heterocycles. The topological polar surface area (TPSA) is 41.6 Å². The Bertz CT molecular complexity index is 916. The molecule has 0 spiro atoms. The highest BCUT2D eigenvalue weighted by Crippen LogP contribution is 2.37. The van der Waals surface area contributed by atoms with Crippen molar-refractivity contribution < 1.29 is 9.53 Å². The van der Waals surface area contributed by atoms with Gasteiger partial charge in [-0.05, 0) is 61.8 Å². The summed E-state index contributed by atoms with van der Waals surface area (Å²) in [5, 5.41) is 3.99. The first kappa shape index (κ1) is 17.7. The minimum absolute atomic E-state index is 0.190. The second-order valence-electron chi connectivity index (χ2n) is 7.06. The number of allylic oxidation sites excluding steroid dienone is 1. The van der Waals surface area contributed by atoms with E-state index in [0.29, 0.717) is 11.5 Å². The van der Waals surface area contributed by atoms with Gasteiger partial charge in [-0.3, -0.25) is 4.79 Å². The molecule has 1 unspecified atom stereocenters. The molecule has 27 heavy (non-hydrogen) atoms. The maximum absolute atomic E-state index is 12.6. The van der Waals surface area contributed by atoms with Crippen molar-refractivity contribution >= 4 is 23.1 Å². The van der Waals surface area contributed by atoms with Crippen LogP contribution in [0.1, 0.15) is 36.4 Å². The van der Waals surface area contributed by atoms with E-state index in [4.69, 9.17) is 17.0 Å². The predicted molar refractivity (Wildman–Crippen MR) is 110 cm³/mol. The fourth-order valence-electron chi connectivity index (χ4n) is 3.66. The molecule has 1 N–H and O–H groups in total. The molecule has 4 rings (SSSR count). The maximum Gasteiger partial charge on any atom is 0.173 e. The molecule has 2 aromatic carbocycles. The van der Waals surface area contributed by atoms with E-state index in [2.05, 4.69) is 5.32 Å². The molecule has 138 valence electrons. The summed E-state index contributed by atoms with van der Waals surface area (Å²) >= 11 is 5.48. The van der Waals surface area contributed by atoms with Gasteiger partial charge >= 0.3 is 0 Å². The van der Waals surface area contributed by atoms with Crippen LogP contribution in [0.3, 0.4) is 0 Å². The molecule has 1 heterocycles. The number of ether oxygens (including phenoxy) is 1. The molecule has 2 aromatic rings. The normalized spacial score (nSPS) is 19.6. The molecular weight excluding hydrogens is 356 g/mol. The van der Waals surface area contributed by atoms with Crippen molar-refractivity contribution in [2.75, 3.05) is 7.05 Å². The first-order chi connectivity index (χ1) is 13.0. The second kappa shape index (κ2) is 7.16. The van der Waals surface area contributed by atoms with Gasteiger partial charge in [-0.15, -0.1) is 0 Å². The molecule has 1 atom stereocenters. The largest absolute Gasteiger partial charge is 0.457 e. The fourth-order valence-corrected chi connectivity index (χ4v) is 3.89. The van der Waals surface area contributed by atoms with Crippen molar-refractivity contribution in [3.8, 4) is 11.5 Å². The van der Waals surface area contributed by atoms with Crippen molar-refractivity contribution in [2.24, 2.45) is 0 Å². The number of Topliss-reactive ketones (excluding diaryl/α,β-unsaturated/α-hetero) is 1. The van der Waals surface area contributed by atoms with Gasteiger partial charge in [0, 0.05) is 24.7 Å². The van der Waals surface area contributed by atoms with E-state index in [1.54, 1.807) is 0 Å². The molecule has 2 aliphatic rings. The minimum atomic E-state index is -0.190. The van der Waals surface area contributed by atoms with Gasteiger partial charge in [-0.2, -0.15) is 0 Å². The summed E-state index contributed by atoms with van der Waals surface area (Å²) in [6, 6.07) is 15.6. The average Bonchev–Trinajstić information content (AvgIpc) is 2.67. The third-order valence-electron chi connectivity index (χ3n) is 5.16. The van der Waals surface area contributed by atoms with E-state index in [1.165, 1.54) is 5.56 Å². The SMILES string of the molecule is Cc1ccc(Oc2ccc(C3NC(=S)N(C)C4=C3C(=O)CCC4)cc2)cc1. The molecule has 4 nitrogen and oxygen atoms in total. The van der Waals surface area contributed by atoms with Gasteiger partial charge < -0.3 is 15.0 Å². The molecular formula is C22H22N2O2S. The molecule has 0 saturated carbocycles. The summed E-state index contributed by atoms with van der Waals surface area (Å²) in [5.41, 5.74) is 4.12. The van der Waals surface area contributed by atoms with E-state index >= 15 is 0 Å². The van der Waals surface area contributed by atoms with Gasteiger partial charge in [0.15, 0.2) is 10.9 Å². The quantitative estimate of drug-likeness (QED) is 0.787. The van der Waals surface area contributed by atoms with Crippen LogP contribution in [0.4, 0.5) is 0 Å². The number of nitrogens with zero attached hydrogens (tertiary/aromatic N) is 1. The van der Waals surface area contributed by atoms with Crippen LogP contribution >= 0.6 is 12.2 Å². The lowest BCUT2D eigenvalue weighted by Crippen LogP contribution is -2.47. The average molecular weight is 378 g/mol. The molecule has 0 radical (unpaired) electrons. The standard InChI is InChI=1S/C22H22N2O2S/c1-14-6-10-16(11-7-14)26-17-12-8-15(9-13-17)21-20-18(4-3-5-19(20)25)24(2)22(27)23-21/h6-13,21H,3-5H2,1-2H3,(H,23,27). The van der Waals surface area contributed by atoms with Crippen molar-refractivity contribution in [3.63, 3.8) is 0 Å². The summed E-state index contributed by atoms with van der Waals surface area (Å²) in [6.45, 7) is 2.05. The van der Waals surface area contributed by atoms with Gasteiger partial charge in [0.1, 0.15) is 11.5 Å². The van der Waals surface area contributed by atoms with E-state index in [-0.39, 0.29) is 11.8 Å². The zero-order valence-corrected chi connectivity index (χ0v) is 16.3. The number of thiocarbonyl (C=S) groups is 1. The molecule has 0 amide bonds. The van der Waals surface area contributed by atoms with Crippen LogP contribution in [0.15, 0.2) is 59.8 Å². The first-order valence-corrected chi connectivity index (χ1v) is 9.59. The Kier molecular flexibility index (Phi) is 4.70. The lowest BCUT2D eigenvalue weighted by atomic mass is 9.85. The van der Waals surface area contributed by atoms with E-state index in [1.807, 2.05) is 67.4 Å². The lowest BCUT2D eigenvalue weighted by molar-refractivity contribution is -0.116. The zero-order valence-electron chi connectivity index (χ0n) is 15.5. The Labute approximate surface area is 164 Å². The summed E-state index contributed by atoms with van der Waals surface area (Å²) in [4.78, 5) is 14.5. The molecule has 0 fully saturated rings. The number of carbonyl (C=O) groups is 1. The maximum atomic E-state index is 12.6. The smallest absolute Gasteiger partial charge is 0.173 e. The van der Waals surface area contributed by atoms with Crippen LogP contribution in [0, 0.1) is 6.92 Å². The fraction of sp³-hybridized carbons (Fsp3) is 0.273. The number of rotatable bonds is 3. The third kappa shape index (κ3) is 3.47. The number of benzene rings is 2. The summed E-state index contributed by atoms with van der Waals surface area (Å²) in [7, 11) is 1.93. The molecule has 0 bridgehead atoms. The van der Waals surface area contributed by atoms with Crippen LogP contribution < -0.4 is 10.1 Å². The molecule has 0 saturated heterocycles. The third-order valence-corrected chi connectivity index (χ3v) is 5.56. The van der Waals surface area contributed by atoms with Crippen LogP contribution in [0.25, 0.3) is 0 Å². The van der Waals surface area contributed by atoms with Gasteiger partial charge in [-0.25, -0.2) is 0 Å². The summed E-state index contributed by atoms with van der Waals surface area (Å²) < 4.78 is 5.91. The van der Waals surface area contributed by atoms with Gasteiger partial charge in [-0.1, -0.05) is 29.8 Å². The Morgan fingerprint density at radius 1 is 1.04 bits per heavy atom. The van der Waals surface area contributed by atoms with Crippen LogP contribution in [0.5, 0.6) is 11.5 Å². The van der Waals surface area contributed by atoms with Crippen LogP contribution in [0.2, 0.25) is 0 Å². The monoisotopic (exact) mass is 378 g/mol. The first-order valence-electron chi connectivity index (χ1n) is 9.18. The zero-order chi connectivity index (χ0) is 19.0. The van der Waals surface area contributed by atoms with Gasteiger partial charge in [0.05, 0.1) is 6.04 Å². The number of hydrogen-bond donors (Lipinski definition) is 1. The lowest BCUT2D eigenvalue weighted by Gasteiger charge is -2.39. The Hall–Kier alpha value is -2.66. The molecule has 1 aliphatic carbocycles.